The fourth-order valence-electron chi connectivity index (χ4n) is 2.60. The number of likely N-dealkylation sites (tertiary alicyclic amines) is 1. The molecule has 2 unspecified atom stereocenters. The molecule has 0 spiro atoms. The van der Waals surface area contributed by atoms with Gasteiger partial charge < -0.3 is 15.5 Å². The van der Waals surface area contributed by atoms with Gasteiger partial charge in [-0.3, -0.25) is 9.59 Å². The van der Waals surface area contributed by atoms with Crippen molar-refractivity contribution in [2.45, 2.75) is 59.0 Å². The molecule has 0 saturated carbocycles. The van der Waals surface area contributed by atoms with Crippen LogP contribution >= 0.6 is 12.4 Å². The second-order valence-corrected chi connectivity index (χ2v) is 6.55. The summed E-state index contributed by atoms with van der Waals surface area (Å²) in [5.74, 6) is 0.473. The lowest BCUT2D eigenvalue weighted by atomic mass is 9.93. The summed E-state index contributed by atoms with van der Waals surface area (Å²) in [6.45, 7) is 9.38. The molecule has 1 aliphatic rings. The number of amides is 2. The predicted octanol–water partition coefficient (Wildman–Crippen LogP) is 1.89. The zero-order valence-corrected chi connectivity index (χ0v) is 15.4. The van der Waals surface area contributed by atoms with E-state index in [1.165, 1.54) is 0 Å². The molecule has 0 bridgehead atoms. The number of halogens is 1. The smallest absolute Gasteiger partial charge is 0.239 e. The number of nitrogens with zero attached hydrogens (tertiary/aromatic N) is 2. The summed E-state index contributed by atoms with van der Waals surface area (Å²) in [5, 5.41) is 0. The van der Waals surface area contributed by atoms with Crippen molar-refractivity contribution in [3.63, 3.8) is 0 Å². The normalized spacial score (nSPS) is 18.6. The topological polar surface area (TPSA) is 66.6 Å². The highest BCUT2D eigenvalue weighted by Crippen LogP contribution is 2.21. The first-order valence-corrected chi connectivity index (χ1v) is 8.10. The summed E-state index contributed by atoms with van der Waals surface area (Å²) in [5.41, 5.74) is 6.02. The van der Waals surface area contributed by atoms with E-state index >= 15 is 0 Å². The number of hydrogen-bond acceptors (Lipinski definition) is 3. The van der Waals surface area contributed by atoms with Gasteiger partial charge in [-0.15, -0.1) is 12.4 Å². The predicted molar refractivity (Wildman–Crippen MR) is 91.9 cm³/mol. The first-order valence-electron chi connectivity index (χ1n) is 8.10. The fraction of sp³-hybridized carbons (Fsp3) is 0.875. The summed E-state index contributed by atoms with van der Waals surface area (Å²) in [6.07, 6.45) is 2.39. The largest absolute Gasteiger partial charge is 0.343 e. The third kappa shape index (κ3) is 5.13. The first-order chi connectivity index (χ1) is 9.79. The molecule has 1 saturated heterocycles. The Morgan fingerprint density at radius 1 is 1.23 bits per heavy atom. The Balaban J connectivity index is 0.00000441. The zero-order valence-electron chi connectivity index (χ0n) is 14.5. The second kappa shape index (κ2) is 9.36. The summed E-state index contributed by atoms with van der Waals surface area (Å²) >= 11 is 0. The van der Waals surface area contributed by atoms with Gasteiger partial charge in [-0.2, -0.15) is 0 Å². The standard InChI is InChI=1S/C16H31N3O2.ClH/c1-6-12(4)14(17)16(21)19-9-7-13(8-10-19)15(20)18(5)11(2)3;/h11-14H,6-10,17H2,1-5H3;1H. The number of rotatable bonds is 5. The summed E-state index contributed by atoms with van der Waals surface area (Å²) in [7, 11) is 1.85. The van der Waals surface area contributed by atoms with Gasteiger partial charge in [-0.05, 0) is 32.6 Å². The van der Waals surface area contributed by atoms with Crippen molar-refractivity contribution < 1.29 is 9.59 Å². The Kier molecular flexibility index (Phi) is 9.01. The van der Waals surface area contributed by atoms with Crippen LogP contribution in [0.15, 0.2) is 0 Å². The monoisotopic (exact) mass is 333 g/mol. The zero-order chi connectivity index (χ0) is 16.2. The lowest BCUT2D eigenvalue weighted by Gasteiger charge is -2.36. The maximum Gasteiger partial charge on any atom is 0.239 e. The molecule has 0 aromatic rings. The van der Waals surface area contributed by atoms with Crippen molar-refractivity contribution in [3.05, 3.63) is 0 Å². The third-order valence-electron chi connectivity index (χ3n) is 4.82. The van der Waals surface area contributed by atoms with Gasteiger partial charge in [0.25, 0.3) is 0 Å². The molecule has 0 radical (unpaired) electrons. The molecule has 0 aliphatic carbocycles. The van der Waals surface area contributed by atoms with Crippen LogP contribution in [0.3, 0.4) is 0 Å². The minimum Gasteiger partial charge on any atom is -0.343 e. The molecule has 2 N–H and O–H groups in total. The highest BCUT2D eigenvalue weighted by atomic mass is 35.5. The number of carbonyl (C=O) groups is 2. The molecule has 6 heteroatoms. The van der Waals surface area contributed by atoms with E-state index in [0.29, 0.717) is 13.1 Å². The van der Waals surface area contributed by atoms with Gasteiger partial charge >= 0.3 is 0 Å². The van der Waals surface area contributed by atoms with E-state index in [9.17, 15) is 9.59 Å². The van der Waals surface area contributed by atoms with Gasteiger partial charge in [0, 0.05) is 32.1 Å². The average Bonchev–Trinajstić information content (AvgIpc) is 2.51. The van der Waals surface area contributed by atoms with Gasteiger partial charge in [0.15, 0.2) is 0 Å². The summed E-state index contributed by atoms with van der Waals surface area (Å²) in [4.78, 5) is 28.3. The van der Waals surface area contributed by atoms with Crippen LogP contribution in [0, 0.1) is 11.8 Å². The van der Waals surface area contributed by atoms with Crippen molar-refractivity contribution in [1.82, 2.24) is 9.80 Å². The van der Waals surface area contributed by atoms with Crippen LogP contribution in [0.5, 0.6) is 0 Å². The minimum atomic E-state index is -0.416. The number of nitrogens with two attached hydrogens (primary N) is 1. The number of hydrogen-bond donors (Lipinski definition) is 1. The summed E-state index contributed by atoms with van der Waals surface area (Å²) < 4.78 is 0. The molecule has 2 atom stereocenters. The Hall–Kier alpha value is -0.810. The van der Waals surface area contributed by atoms with E-state index in [4.69, 9.17) is 5.73 Å². The van der Waals surface area contributed by atoms with E-state index in [-0.39, 0.29) is 42.1 Å². The molecular formula is C16H32ClN3O2. The highest BCUT2D eigenvalue weighted by Gasteiger charge is 2.32. The molecule has 22 heavy (non-hydrogen) atoms. The molecule has 0 aromatic carbocycles. The number of carbonyl (C=O) groups excluding carboxylic acids is 2. The van der Waals surface area contributed by atoms with E-state index in [0.717, 1.165) is 19.3 Å². The fourth-order valence-corrected chi connectivity index (χ4v) is 2.60. The highest BCUT2D eigenvalue weighted by molar-refractivity contribution is 5.85. The average molecular weight is 334 g/mol. The molecule has 0 aromatic heterocycles. The van der Waals surface area contributed by atoms with E-state index < -0.39 is 6.04 Å². The Bertz CT molecular complexity index is 368. The Labute approximate surface area is 141 Å². The van der Waals surface area contributed by atoms with Gasteiger partial charge in [-0.25, -0.2) is 0 Å². The quantitative estimate of drug-likeness (QED) is 0.835. The molecule has 5 nitrogen and oxygen atoms in total. The second-order valence-electron chi connectivity index (χ2n) is 6.55. The van der Waals surface area contributed by atoms with Crippen LogP contribution in [0.1, 0.15) is 47.0 Å². The minimum absolute atomic E-state index is 0. The van der Waals surface area contributed by atoms with Crippen LogP contribution in [0.25, 0.3) is 0 Å². The molecule has 1 rings (SSSR count). The maximum absolute atomic E-state index is 12.3. The van der Waals surface area contributed by atoms with Crippen molar-refractivity contribution in [2.24, 2.45) is 17.6 Å². The van der Waals surface area contributed by atoms with Crippen LogP contribution in [0.2, 0.25) is 0 Å². The Morgan fingerprint density at radius 3 is 2.14 bits per heavy atom. The Morgan fingerprint density at radius 2 is 1.73 bits per heavy atom. The van der Waals surface area contributed by atoms with Crippen LogP contribution in [-0.2, 0) is 9.59 Å². The molecular weight excluding hydrogens is 302 g/mol. The molecule has 130 valence electrons. The lowest BCUT2D eigenvalue weighted by Crippen LogP contribution is -2.51. The van der Waals surface area contributed by atoms with Crippen LogP contribution in [0.4, 0.5) is 0 Å². The molecule has 2 amide bonds. The van der Waals surface area contributed by atoms with Crippen LogP contribution in [-0.4, -0.2) is 53.8 Å². The van der Waals surface area contributed by atoms with Crippen molar-refractivity contribution >= 4 is 24.2 Å². The van der Waals surface area contributed by atoms with Crippen LogP contribution < -0.4 is 5.73 Å². The molecule has 1 heterocycles. The molecule has 1 aliphatic heterocycles. The van der Waals surface area contributed by atoms with Crippen molar-refractivity contribution in [1.29, 1.82) is 0 Å². The SMILES string of the molecule is CCC(C)C(N)C(=O)N1CCC(C(=O)N(C)C(C)C)CC1.Cl. The van der Waals surface area contributed by atoms with Crippen molar-refractivity contribution in [2.75, 3.05) is 20.1 Å². The lowest BCUT2D eigenvalue weighted by molar-refractivity contribution is -0.141. The van der Waals surface area contributed by atoms with Gasteiger partial charge in [0.1, 0.15) is 0 Å². The van der Waals surface area contributed by atoms with E-state index in [2.05, 4.69) is 0 Å². The molecule has 1 fully saturated rings. The third-order valence-corrected chi connectivity index (χ3v) is 4.82. The first kappa shape index (κ1) is 21.2. The van der Waals surface area contributed by atoms with Crippen molar-refractivity contribution in [3.8, 4) is 0 Å². The summed E-state index contributed by atoms with van der Waals surface area (Å²) in [6, 6.07) is -0.198. The van der Waals surface area contributed by atoms with Gasteiger partial charge in [-0.1, -0.05) is 20.3 Å². The van der Waals surface area contributed by atoms with Gasteiger partial charge in [0.05, 0.1) is 6.04 Å². The number of piperidine rings is 1. The van der Waals surface area contributed by atoms with Gasteiger partial charge in [0.2, 0.25) is 11.8 Å². The van der Waals surface area contributed by atoms with E-state index in [1.807, 2.05) is 39.6 Å². The maximum atomic E-state index is 12.3. The van der Waals surface area contributed by atoms with E-state index in [1.54, 1.807) is 4.90 Å².